The van der Waals surface area contributed by atoms with E-state index in [9.17, 15) is 17.6 Å². The van der Waals surface area contributed by atoms with Crippen LogP contribution in [0.1, 0.15) is 11.1 Å². The molecule has 0 aliphatic carbocycles. The Morgan fingerprint density at radius 2 is 1.81 bits per heavy atom. The van der Waals surface area contributed by atoms with Crippen LogP contribution < -0.4 is 5.32 Å². The second-order valence-electron chi connectivity index (χ2n) is 4.29. The molecule has 0 bridgehead atoms. The summed E-state index contributed by atoms with van der Waals surface area (Å²) in [4.78, 5) is 0. The van der Waals surface area contributed by atoms with Gasteiger partial charge in [-0.3, -0.25) is 0 Å². The lowest BCUT2D eigenvalue weighted by molar-refractivity contribution is -0.139. The fourth-order valence-electron chi connectivity index (χ4n) is 1.71. The summed E-state index contributed by atoms with van der Waals surface area (Å²) in [5.41, 5.74) is -0.315. The molecule has 7 heteroatoms. The summed E-state index contributed by atoms with van der Waals surface area (Å²) in [6, 6.07) is 8.00. The van der Waals surface area contributed by atoms with E-state index in [1.807, 2.05) is 0 Å². The lowest BCUT2D eigenvalue weighted by atomic mass is 10.1. The van der Waals surface area contributed by atoms with E-state index in [1.54, 1.807) is 18.2 Å². The van der Waals surface area contributed by atoms with Gasteiger partial charge in [0, 0.05) is 16.7 Å². The van der Waals surface area contributed by atoms with E-state index >= 15 is 0 Å². The molecule has 2 rings (SSSR count). The highest BCUT2D eigenvalue weighted by Crippen LogP contribution is 2.33. The Balaban J connectivity index is 2.15. The predicted molar refractivity (Wildman–Crippen MR) is 77.9 cm³/mol. The largest absolute Gasteiger partial charge is 0.419 e. The van der Waals surface area contributed by atoms with Gasteiger partial charge >= 0.3 is 6.18 Å². The van der Waals surface area contributed by atoms with Crippen molar-refractivity contribution < 1.29 is 17.6 Å². The minimum absolute atomic E-state index is 0.183. The summed E-state index contributed by atoms with van der Waals surface area (Å²) in [6.07, 6.45) is -4.72. The third kappa shape index (κ3) is 4.11. The van der Waals surface area contributed by atoms with Crippen LogP contribution in [0.4, 0.5) is 23.2 Å². The van der Waals surface area contributed by atoms with Gasteiger partial charge in [-0.05, 0) is 51.8 Å². The average Bonchev–Trinajstić information content (AvgIpc) is 2.40. The first kappa shape index (κ1) is 16.1. The van der Waals surface area contributed by atoms with Crippen molar-refractivity contribution in [3.8, 4) is 0 Å². The molecule has 0 aliphatic heterocycles. The second-order valence-corrected chi connectivity index (χ2v) is 5.56. The Morgan fingerprint density at radius 1 is 1.10 bits per heavy atom. The van der Waals surface area contributed by atoms with Crippen LogP contribution >= 0.6 is 27.5 Å². The van der Waals surface area contributed by atoms with E-state index in [-0.39, 0.29) is 12.2 Å². The van der Waals surface area contributed by atoms with E-state index in [0.29, 0.717) is 5.02 Å². The summed E-state index contributed by atoms with van der Waals surface area (Å²) in [7, 11) is 0. The number of benzene rings is 2. The van der Waals surface area contributed by atoms with E-state index in [1.165, 1.54) is 6.07 Å². The van der Waals surface area contributed by atoms with Gasteiger partial charge in [-0.2, -0.15) is 13.2 Å². The van der Waals surface area contributed by atoms with Gasteiger partial charge in [0.05, 0.1) is 10.6 Å². The molecule has 0 unspecified atom stereocenters. The molecule has 0 spiro atoms. The molecule has 0 aromatic heterocycles. The number of hydrogen-bond donors (Lipinski definition) is 1. The summed E-state index contributed by atoms with van der Waals surface area (Å²) >= 11 is 9.17. The number of alkyl halides is 3. The molecular weight excluding hydrogens is 374 g/mol. The monoisotopic (exact) mass is 381 g/mol. The van der Waals surface area contributed by atoms with Crippen LogP contribution in [0.5, 0.6) is 0 Å². The van der Waals surface area contributed by atoms with Gasteiger partial charge < -0.3 is 5.32 Å². The Labute approximate surface area is 132 Å². The van der Waals surface area contributed by atoms with Crippen LogP contribution in [-0.2, 0) is 12.7 Å². The Kier molecular flexibility index (Phi) is 4.78. The normalized spacial score (nSPS) is 11.5. The standard InChI is InChI=1S/C14H9BrClF4N/c15-11-3-1-8(5-12(11)16)7-21-9-2-4-13(17)10(6-9)14(18,19)20/h1-6,21H,7H2. The minimum atomic E-state index is -4.72. The number of hydrogen-bond acceptors (Lipinski definition) is 1. The van der Waals surface area contributed by atoms with Crippen LogP contribution in [0.2, 0.25) is 5.02 Å². The number of anilines is 1. The maximum Gasteiger partial charge on any atom is 0.419 e. The van der Waals surface area contributed by atoms with Crippen molar-refractivity contribution in [3.05, 3.63) is 62.8 Å². The highest BCUT2D eigenvalue weighted by Gasteiger charge is 2.34. The molecule has 1 nitrogen and oxygen atoms in total. The van der Waals surface area contributed by atoms with Gasteiger partial charge in [-0.25, -0.2) is 4.39 Å². The molecule has 0 saturated heterocycles. The second kappa shape index (κ2) is 6.23. The lowest BCUT2D eigenvalue weighted by Gasteiger charge is -2.12. The van der Waals surface area contributed by atoms with Crippen molar-refractivity contribution in [1.29, 1.82) is 0 Å². The highest BCUT2D eigenvalue weighted by atomic mass is 79.9. The molecule has 0 saturated carbocycles. The first-order valence-electron chi connectivity index (χ1n) is 5.82. The minimum Gasteiger partial charge on any atom is -0.381 e. The first-order chi connectivity index (χ1) is 9.77. The van der Waals surface area contributed by atoms with Crippen molar-refractivity contribution in [3.63, 3.8) is 0 Å². The van der Waals surface area contributed by atoms with E-state index in [2.05, 4.69) is 21.2 Å². The Morgan fingerprint density at radius 3 is 2.43 bits per heavy atom. The number of halogens is 6. The summed E-state index contributed by atoms with van der Waals surface area (Å²) in [6.45, 7) is 0.274. The van der Waals surface area contributed by atoms with E-state index < -0.39 is 17.6 Å². The van der Waals surface area contributed by atoms with E-state index in [4.69, 9.17) is 11.6 Å². The van der Waals surface area contributed by atoms with Crippen molar-refractivity contribution in [2.45, 2.75) is 12.7 Å². The Bertz CT molecular complexity index is 658. The van der Waals surface area contributed by atoms with Crippen molar-refractivity contribution >= 4 is 33.2 Å². The molecule has 2 aromatic rings. The molecule has 21 heavy (non-hydrogen) atoms. The van der Waals surface area contributed by atoms with Gasteiger partial charge in [0.1, 0.15) is 5.82 Å². The van der Waals surface area contributed by atoms with Crippen LogP contribution in [0.15, 0.2) is 40.9 Å². The maximum atomic E-state index is 13.2. The zero-order chi connectivity index (χ0) is 15.6. The molecule has 0 fully saturated rings. The van der Waals surface area contributed by atoms with Crippen molar-refractivity contribution in [2.24, 2.45) is 0 Å². The summed E-state index contributed by atoms with van der Waals surface area (Å²) in [5, 5.41) is 3.31. The summed E-state index contributed by atoms with van der Waals surface area (Å²) in [5.74, 6) is -1.29. The van der Waals surface area contributed by atoms with Gasteiger partial charge in [0.2, 0.25) is 0 Å². The predicted octanol–water partition coefficient (Wildman–Crippen LogP) is 5.87. The molecule has 2 aromatic carbocycles. The first-order valence-corrected chi connectivity index (χ1v) is 6.99. The highest BCUT2D eigenvalue weighted by molar-refractivity contribution is 9.10. The fraction of sp³-hybridized carbons (Fsp3) is 0.143. The molecule has 0 atom stereocenters. The van der Waals surface area contributed by atoms with Crippen molar-refractivity contribution in [1.82, 2.24) is 0 Å². The third-order valence-corrected chi connectivity index (χ3v) is 3.98. The average molecular weight is 383 g/mol. The lowest BCUT2D eigenvalue weighted by Crippen LogP contribution is -2.09. The fourth-order valence-corrected chi connectivity index (χ4v) is 2.16. The third-order valence-electron chi connectivity index (χ3n) is 2.75. The maximum absolute atomic E-state index is 13.2. The smallest absolute Gasteiger partial charge is 0.381 e. The Hall–Kier alpha value is -1.27. The zero-order valence-electron chi connectivity index (χ0n) is 10.4. The summed E-state index contributed by atoms with van der Waals surface area (Å²) < 4.78 is 51.7. The van der Waals surface area contributed by atoms with Gasteiger partial charge in [-0.1, -0.05) is 17.7 Å². The molecule has 0 amide bonds. The van der Waals surface area contributed by atoms with Gasteiger partial charge in [-0.15, -0.1) is 0 Å². The molecule has 1 N–H and O–H groups in total. The van der Waals surface area contributed by atoms with Crippen LogP contribution in [0.25, 0.3) is 0 Å². The van der Waals surface area contributed by atoms with Crippen LogP contribution in [-0.4, -0.2) is 0 Å². The van der Waals surface area contributed by atoms with E-state index in [0.717, 1.165) is 22.2 Å². The van der Waals surface area contributed by atoms with Crippen LogP contribution in [0, 0.1) is 5.82 Å². The number of rotatable bonds is 3. The van der Waals surface area contributed by atoms with Gasteiger partial charge in [0.15, 0.2) is 0 Å². The molecular formula is C14H9BrClF4N. The molecule has 0 heterocycles. The molecule has 112 valence electrons. The topological polar surface area (TPSA) is 12.0 Å². The quantitative estimate of drug-likeness (QED) is 0.654. The number of nitrogens with one attached hydrogen (secondary N) is 1. The molecule has 0 aliphatic rings. The molecule has 0 radical (unpaired) electrons. The SMILES string of the molecule is Fc1ccc(NCc2ccc(Br)c(Cl)c2)cc1C(F)(F)F. The van der Waals surface area contributed by atoms with Crippen LogP contribution in [0.3, 0.4) is 0 Å². The zero-order valence-corrected chi connectivity index (χ0v) is 12.8. The van der Waals surface area contributed by atoms with Crippen molar-refractivity contribution in [2.75, 3.05) is 5.32 Å². The van der Waals surface area contributed by atoms with Gasteiger partial charge in [0.25, 0.3) is 0 Å².